The molecule has 2 unspecified atom stereocenters. The number of halogens is 1. The first-order chi connectivity index (χ1) is 12.0. The monoisotopic (exact) mass is 387 g/mol. The van der Waals surface area contributed by atoms with Gasteiger partial charge in [0.2, 0.25) is 15.9 Å². The predicted octanol–water partition coefficient (Wildman–Crippen LogP) is 1.96. The summed E-state index contributed by atoms with van der Waals surface area (Å²) in [6.07, 6.45) is 0.616. The maximum absolute atomic E-state index is 13.9. The van der Waals surface area contributed by atoms with Gasteiger partial charge in [0.05, 0.1) is 0 Å². The number of hydrogen-bond acceptors (Lipinski definition) is 4. The molecule has 0 radical (unpaired) electrons. The van der Waals surface area contributed by atoms with Gasteiger partial charge in [-0.2, -0.15) is 4.72 Å². The first-order valence-corrected chi connectivity index (χ1v) is 10.2. The summed E-state index contributed by atoms with van der Waals surface area (Å²) >= 11 is 0. The van der Waals surface area contributed by atoms with E-state index in [1.807, 2.05) is 13.8 Å². The van der Waals surface area contributed by atoms with Crippen molar-refractivity contribution in [1.29, 1.82) is 0 Å². The minimum Gasteiger partial charge on any atom is -0.344 e. The van der Waals surface area contributed by atoms with E-state index < -0.39 is 26.8 Å². The van der Waals surface area contributed by atoms with Crippen LogP contribution in [0.3, 0.4) is 0 Å². The Kier molecular flexibility index (Phi) is 8.17. The lowest BCUT2D eigenvalue weighted by Gasteiger charge is -2.28. The van der Waals surface area contributed by atoms with Crippen LogP contribution in [-0.2, 0) is 14.8 Å². The number of sulfonamides is 1. The largest absolute Gasteiger partial charge is 0.344 e. The van der Waals surface area contributed by atoms with Crippen LogP contribution in [0.1, 0.15) is 34.1 Å². The van der Waals surface area contributed by atoms with E-state index in [1.54, 1.807) is 20.9 Å². The van der Waals surface area contributed by atoms with Crippen molar-refractivity contribution in [3.05, 3.63) is 30.1 Å². The Morgan fingerprint density at radius 3 is 2.27 bits per heavy atom. The Hall–Kier alpha value is -1.51. The number of amides is 1. The fraction of sp³-hybridized carbons (Fsp3) is 0.611. The molecule has 0 fully saturated rings. The molecular weight excluding hydrogens is 357 g/mol. The Labute approximate surface area is 156 Å². The van der Waals surface area contributed by atoms with Crippen LogP contribution in [0.4, 0.5) is 4.39 Å². The van der Waals surface area contributed by atoms with Crippen LogP contribution >= 0.6 is 0 Å². The highest BCUT2D eigenvalue weighted by Crippen LogP contribution is 2.16. The van der Waals surface area contributed by atoms with Crippen LogP contribution in [0.5, 0.6) is 0 Å². The minimum absolute atomic E-state index is 0.0437. The number of likely N-dealkylation sites (N-methyl/N-ethyl adjacent to an activating group) is 1. The van der Waals surface area contributed by atoms with E-state index in [-0.39, 0.29) is 17.9 Å². The lowest BCUT2D eigenvalue weighted by molar-refractivity contribution is -0.132. The Bertz CT molecular complexity index is 707. The van der Waals surface area contributed by atoms with Gasteiger partial charge in [-0.3, -0.25) is 4.79 Å². The second-order valence-electron chi connectivity index (χ2n) is 7.23. The summed E-state index contributed by atoms with van der Waals surface area (Å²) in [5, 5.41) is 0. The maximum atomic E-state index is 13.9. The van der Waals surface area contributed by atoms with Crippen molar-refractivity contribution in [1.82, 2.24) is 9.62 Å². The molecule has 1 amide bonds. The lowest BCUT2D eigenvalue weighted by Crippen LogP contribution is -2.50. The van der Waals surface area contributed by atoms with E-state index in [2.05, 4.69) is 4.72 Å². The van der Waals surface area contributed by atoms with Gasteiger partial charge in [-0.1, -0.05) is 39.8 Å². The van der Waals surface area contributed by atoms with Crippen molar-refractivity contribution in [2.45, 2.75) is 51.1 Å². The minimum atomic E-state index is -4.16. The van der Waals surface area contributed by atoms with E-state index in [0.717, 1.165) is 6.07 Å². The van der Waals surface area contributed by atoms with Crippen molar-refractivity contribution in [2.24, 2.45) is 17.6 Å². The highest BCUT2D eigenvalue weighted by Gasteiger charge is 2.31. The Balaban J connectivity index is 2.91. The molecule has 3 N–H and O–H groups in total. The topological polar surface area (TPSA) is 92.5 Å². The number of nitrogens with two attached hydrogens (primary N) is 1. The van der Waals surface area contributed by atoms with Gasteiger partial charge < -0.3 is 10.6 Å². The number of benzene rings is 1. The molecule has 0 aliphatic heterocycles. The summed E-state index contributed by atoms with van der Waals surface area (Å²) in [6, 6.07) is 4.05. The first kappa shape index (κ1) is 22.5. The molecule has 1 aromatic rings. The summed E-state index contributed by atoms with van der Waals surface area (Å²) in [6.45, 7) is 7.90. The summed E-state index contributed by atoms with van der Waals surface area (Å²) < 4.78 is 41.2. The molecule has 0 aliphatic carbocycles. The van der Waals surface area contributed by atoms with Gasteiger partial charge in [0.1, 0.15) is 16.8 Å². The van der Waals surface area contributed by atoms with E-state index >= 15 is 0 Å². The van der Waals surface area contributed by atoms with Gasteiger partial charge in [-0.25, -0.2) is 12.8 Å². The maximum Gasteiger partial charge on any atom is 0.244 e. The van der Waals surface area contributed by atoms with Crippen LogP contribution in [0.2, 0.25) is 0 Å². The second-order valence-corrected chi connectivity index (χ2v) is 8.91. The quantitative estimate of drug-likeness (QED) is 0.677. The molecular formula is C18H30FN3O3S. The van der Waals surface area contributed by atoms with E-state index in [9.17, 15) is 17.6 Å². The molecule has 8 heteroatoms. The molecule has 0 aromatic heterocycles. The average molecular weight is 388 g/mol. The van der Waals surface area contributed by atoms with Gasteiger partial charge in [-0.15, -0.1) is 0 Å². The molecule has 0 spiro atoms. The van der Waals surface area contributed by atoms with Gasteiger partial charge in [0.25, 0.3) is 0 Å². The number of hydrogen-bond donors (Lipinski definition) is 2. The number of rotatable bonds is 9. The van der Waals surface area contributed by atoms with Crippen LogP contribution in [0.25, 0.3) is 0 Å². The van der Waals surface area contributed by atoms with Crippen LogP contribution in [0, 0.1) is 17.7 Å². The van der Waals surface area contributed by atoms with Crippen molar-refractivity contribution in [3.63, 3.8) is 0 Å². The summed E-state index contributed by atoms with van der Waals surface area (Å²) in [5.74, 6) is -1.23. The molecule has 1 rings (SSSR count). The number of nitrogens with one attached hydrogen (secondary N) is 1. The van der Waals surface area contributed by atoms with Crippen LogP contribution < -0.4 is 10.5 Å². The molecule has 0 saturated carbocycles. The average Bonchev–Trinajstić information content (AvgIpc) is 2.56. The van der Waals surface area contributed by atoms with Gasteiger partial charge in [-0.05, 0) is 30.4 Å². The molecule has 6 nitrogen and oxygen atoms in total. The molecule has 148 valence electrons. The number of nitrogens with zero attached hydrogens (tertiary/aromatic N) is 1. The zero-order valence-electron chi connectivity index (χ0n) is 16.1. The zero-order chi connectivity index (χ0) is 20.1. The standard InChI is InChI=1S/C18H30FN3O3S/c1-12(2)15(20)10-11-22(5)18(23)17(13(3)4)21-26(24,25)16-9-7-6-8-14(16)19/h6-9,12-13,15,17,21H,10-11,20H2,1-5H3. The Morgan fingerprint density at radius 2 is 1.77 bits per heavy atom. The lowest BCUT2D eigenvalue weighted by atomic mass is 10.0. The third-order valence-corrected chi connectivity index (χ3v) is 5.85. The van der Waals surface area contributed by atoms with E-state index in [0.29, 0.717) is 18.9 Å². The normalized spacial score (nSPS) is 14.5. The highest BCUT2D eigenvalue weighted by atomic mass is 32.2. The molecule has 2 atom stereocenters. The fourth-order valence-corrected chi connectivity index (χ4v) is 3.81. The molecule has 0 heterocycles. The van der Waals surface area contributed by atoms with Crippen molar-refractivity contribution in [3.8, 4) is 0 Å². The van der Waals surface area contributed by atoms with Crippen molar-refractivity contribution >= 4 is 15.9 Å². The fourth-order valence-electron chi connectivity index (χ4n) is 2.39. The number of carbonyl (C=O) groups is 1. The van der Waals surface area contributed by atoms with Gasteiger partial charge >= 0.3 is 0 Å². The first-order valence-electron chi connectivity index (χ1n) is 8.74. The predicted molar refractivity (Wildman–Crippen MR) is 100 cm³/mol. The third kappa shape index (κ3) is 6.03. The van der Waals surface area contributed by atoms with Crippen molar-refractivity contribution < 1.29 is 17.6 Å². The molecule has 26 heavy (non-hydrogen) atoms. The molecule has 1 aromatic carbocycles. The van der Waals surface area contributed by atoms with E-state index in [4.69, 9.17) is 5.73 Å². The summed E-state index contributed by atoms with van der Waals surface area (Å²) in [4.78, 5) is 13.7. The van der Waals surface area contributed by atoms with Gasteiger partial charge in [0.15, 0.2) is 0 Å². The van der Waals surface area contributed by atoms with E-state index in [1.165, 1.54) is 23.1 Å². The van der Waals surface area contributed by atoms with Crippen LogP contribution in [-0.4, -0.2) is 44.9 Å². The zero-order valence-corrected chi connectivity index (χ0v) is 16.9. The SMILES string of the molecule is CC(C)C(N)CCN(C)C(=O)C(NS(=O)(=O)c1ccccc1F)C(C)C. The molecule has 0 saturated heterocycles. The van der Waals surface area contributed by atoms with Gasteiger partial charge in [0, 0.05) is 19.6 Å². The summed E-state index contributed by atoms with van der Waals surface area (Å²) in [7, 11) is -2.54. The smallest absolute Gasteiger partial charge is 0.244 e. The summed E-state index contributed by atoms with van der Waals surface area (Å²) in [5.41, 5.74) is 6.00. The van der Waals surface area contributed by atoms with Crippen molar-refractivity contribution in [2.75, 3.05) is 13.6 Å². The van der Waals surface area contributed by atoms with Crippen LogP contribution in [0.15, 0.2) is 29.2 Å². The molecule has 0 aliphatic rings. The molecule has 0 bridgehead atoms. The third-order valence-electron chi connectivity index (χ3n) is 4.37. The second kappa shape index (κ2) is 9.43. The highest BCUT2D eigenvalue weighted by molar-refractivity contribution is 7.89. The Morgan fingerprint density at radius 1 is 1.19 bits per heavy atom. The number of carbonyl (C=O) groups excluding carboxylic acids is 1.